The fourth-order valence-electron chi connectivity index (χ4n) is 14.6. The van der Waals surface area contributed by atoms with Gasteiger partial charge >= 0.3 is 12.1 Å². The summed E-state index contributed by atoms with van der Waals surface area (Å²) in [5.74, 6) is -8.92. The van der Waals surface area contributed by atoms with Crippen LogP contribution in [0.5, 0.6) is 0 Å². The summed E-state index contributed by atoms with van der Waals surface area (Å²) in [6, 6.07) is 7.20. The fourth-order valence-corrected chi connectivity index (χ4v) is 14.6. The molecule has 2 aromatic rings. The van der Waals surface area contributed by atoms with E-state index in [9.17, 15) is 93.6 Å². The maximum absolute atomic E-state index is 15.0. The van der Waals surface area contributed by atoms with Crippen LogP contribution in [-0.4, -0.2) is 296 Å². The van der Waals surface area contributed by atoms with E-state index in [1.54, 1.807) is 97.7 Å². The molecule has 0 aliphatic carbocycles. The Labute approximate surface area is 653 Å². The number of nitrogens with zero attached hydrogens (tertiary/aromatic N) is 4. The average Bonchev–Trinajstić information content (AvgIpc) is 1.08. The summed E-state index contributed by atoms with van der Waals surface area (Å²) in [7, 11) is 5.84. The van der Waals surface area contributed by atoms with Crippen LogP contribution in [0.15, 0.2) is 54.6 Å². The van der Waals surface area contributed by atoms with Gasteiger partial charge in [0.1, 0.15) is 79.6 Å². The van der Waals surface area contributed by atoms with Gasteiger partial charge in [0, 0.05) is 66.4 Å². The van der Waals surface area contributed by atoms with Crippen LogP contribution in [0.4, 0.5) is 10.5 Å². The number of methoxy groups -OCH3 is 2. The molecule has 22 unspecified atom stereocenters. The second kappa shape index (κ2) is 43.5. The molecule has 4 heterocycles. The molecule has 4 aliphatic heterocycles. The number of aliphatic carboxylic acids is 1. The van der Waals surface area contributed by atoms with Gasteiger partial charge in [-0.05, 0) is 79.5 Å². The molecule has 10 amide bonds. The number of carbonyl (C=O) groups is 11. The van der Waals surface area contributed by atoms with Crippen molar-refractivity contribution in [2.45, 2.75) is 262 Å². The number of carboxylic acids is 1. The van der Waals surface area contributed by atoms with Gasteiger partial charge in [-0.15, -0.1) is 0 Å². The lowest BCUT2D eigenvalue weighted by molar-refractivity contribution is -0.307. The van der Waals surface area contributed by atoms with E-state index in [1.165, 1.54) is 55.3 Å². The van der Waals surface area contributed by atoms with E-state index < -0.39 is 206 Å². The van der Waals surface area contributed by atoms with Crippen LogP contribution in [0, 0.1) is 29.6 Å². The van der Waals surface area contributed by atoms with E-state index in [2.05, 4.69) is 26.6 Å². The van der Waals surface area contributed by atoms with Crippen LogP contribution in [0.25, 0.3) is 0 Å². The van der Waals surface area contributed by atoms with E-state index in [1.807, 2.05) is 13.8 Å². The highest BCUT2D eigenvalue weighted by atomic mass is 16.7. The number of carboxylic acid groups (broad SMARTS) is 1. The van der Waals surface area contributed by atoms with Crippen LogP contribution in [0.1, 0.15) is 151 Å². The van der Waals surface area contributed by atoms with Crippen molar-refractivity contribution in [1.29, 1.82) is 0 Å². The van der Waals surface area contributed by atoms with Crippen molar-refractivity contribution in [3.8, 4) is 0 Å². The zero-order valence-corrected chi connectivity index (χ0v) is 66.5. The van der Waals surface area contributed by atoms with Crippen LogP contribution >= 0.6 is 0 Å². The molecule has 6 rings (SSSR count). The third-order valence-corrected chi connectivity index (χ3v) is 21.3. The normalized spacial score (nSPS) is 25.0. The van der Waals surface area contributed by atoms with Crippen LogP contribution < -0.4 is 26.6 Å². The van der Waals surface area contributed by atoms with Crippen LogP contribution in [-0.2, 0) is 87.7 Å². The minimum Gasteiger partial charge on any atom is -0.479 e. The number of hydrogen-bond donors (Lipinski definition) is 13. The number of amides is 10. The summed E-state index contributed by atoms with van der Waals surface area (Å²) in [4.78, 5) is 155. The zero-order valence-electron chi connectivity index (χ0n) is 66.5. The molecule has 22 atom stereocenters. The summed E-state index contributed by atoms with van der Waals surface area (Å²) in [5.41, 5.74) is 1.10. The summed E-state index contributed by atoms with van der Waals surface area (Å²) in [5, 5.41) is 96.5. The van der Waals surface area contributed by atoms with Gasteiger partial charge in [0.25, 0.3) is 0 Å². The SMILES string of the molecule is CCC(C)C(C(CC(=O)N1CCCC1C(OC)C(C)C(=O)NC(C)C(OC1OC(C(=O)O)C(O)C(O)C1O)c1ccccc1)OC)N(C)C(=O)C(NC(=O)C(C(C)C)N(C)C(=O)OCc1ccc(NC(=O)C(COC2OC(CO)C(O)C(O)C2O)NC(=O)C(NC(=O)CCCCCN2C(=O)CCC2=O)C(C)C)cc1)C(C)C. The van der Waals surface area contributed by atoms with Gasteiger partial charge < -0.3 is 110 Å². The Morgan fingerprint density at radius 1 is 0.661 bits per heavy atom. The number of unbranched alkanes of at least 4 members (excludes halogenated alkanes) is 2. The molecule has 0 radical (unpaired) electrons. The van der Waals surface area contributed by atoms with Crippen molar-refractivity contribution in [2.75, 3.05) is 59.9 Å². The number of hydrogen-bond acceptors (Lipinski definition) is 25. The minimum absolute atomic E-state index is 0.00620. The number of imide groups is 1. The largest absolute Gasteiger partial charge is 0.479 e. The van der Waals surface area contributed by atoms with Crippen molar-refractivity contribution in [3.05, 3.63) is 65.7 Å². The van der Waals surface area contributed by atoms with Crippen molar-refractivity contribution < 1.29 is 127 Å². The second-order valence-corrected chi connectivity index (χ2v) is 30.5. The molecule has 35 heteroatoms. The van der Waals surface area contributed by atoms with Crippen molar-refractivity contribution >= 4 is 70.9 Å². The summed E-state index contributed by atoms with van der Waals surface area (Å²) < 4.78 is 40.6. The van der Waals surface area contributed by atoms with E-state index in [0.29, 0.717) is 56.2 Å². The van der Waals surface area contributed by atoms with Crippen LogP contribution in [0.2, 0.25) is 0 Å². The Balaban J connectivity index is 1.07. The molecule has 0 spiro atoms. The lowest BCUT2D eigenvalue weighted by Gasteiger charge is -2.41. The number of benzene rings is 2. The van der Waals surface area contributed by atoms with Gasteiger partial charge in [0.05, 0.1) is 55.9 Å². The summed E-state index contributed by atoms with van der Waals surface area (Å²) in [6.07, 6.45) is -18.5. The second-order valence-electron chi connectivity index (χ2n) is 30.5. The minimum atomic E-state index is -1.96. The number of ether oxygens (including phenoxy) is 7. The number of anilines is 1. The Hall–Kier alpha value is -7.91. The third kappa shape index (κ3) is 24.3. The van der Waals surface area contributed by atoms with E-state index >= 15 is 0 Å². The highest BCUT2D eigenvalue weighted by Gasteiger charge is 2.51. The number of carbonyl (C=O) groups excluding carboxylic acids is 10. The van der Waals surface area contributed by atoms with E-state index in [0.717, 1.165) is 4.90 Å². The van der Waals surface area contributed by atoms with E-state index in [4.69, 9.17) is 33.2 Å². The molecule has 0 saturated carbocycles. The molecule has 4 aliphatic rings. The fraction of sp³-hybridized carbons (Fsp3) is 0.701. The quantitative estimate of drug-likeness (QED) is 0.0320. The van der Waals surface area contributed by atoms with Gasteiger partial charge in [-0.3, -0.25) is 53.0 Å². The van der Waals surface area contributed by atoms with Gasteiger partial charge in [-0.1, -0.05) is 118 Å². The Bertz CT molecular complexity index is 3430. The van der Waals surface area contributed by atoms with Crippen molar-refractivity contribution in [2.24, 2.45) is 29.6 Å². The Morgan fingerprint density at radius 2 is 1.29 bits per heavy atom. The van der Waals surface area contributed by atoms with Gasteiger partial charge in [-0.25, -0.2) is 9.59 Å². The lowest BCUT2D eigenvalue weighted by Crippen LogP contribution is -2.61. The predicted octanol–water partition coefficient (Wildman–Crippen LogP) is 0.585. The standard InChI is InChI=1S/C77H119N9O26/c1-15-42(8)59(50(106-13)35-55(91)85-34-22-25-49(85)66(107-14)43(9)69(98)78-44(10)67(46-23-18-16-19-24-46)111-76-65(97)62(94)63(95)68(112-76)74(103)104)83(11)73(102)57(40(4)5)82-72(101)58(41(6)7)84(12)77(105)109-37-45-27-29-47(30-28-45)79-70(99)48(38-108-75-64(96)61(93)60(92)51(36-87)110-75)80-71(100)56(39(2)3)81-52(88)26-20-17-21-33-86-53(89)31-32-54(86)90/h16,18-19,23-24,27-30,39-44,48-51,56-68,75-76,87,92-97H,15,17,20-22,25-26,31-38H2,1-14H3,(H,78,98)(H,79,99)(H,80,100)(H,81,88)(H,82,101)(H,103,104). The number of likely N-dealkylation sites (N-methyl/N-ethyl adjacent to an activating group) is 2. The first kappa shape index (κ1) is 93.0. The highest BCUT2D eigenvalue weighted by molar-refractivity contribution is 6.02. The van der Waals surface area contributed by atoms with E-state index in [-0.39, 0.29) is 68.2 Å². The number of aliphatic hydroxyl groups excluding tert-OH is 7. The number of aliphatic hydroxyl groups is 7. The molecule has 0 aromatic heterocycles. The monoisotopic (exact) mass is 1590 g/mol. The predicted molar refractivity (Wildman–Crippen MR) is 400 cm³/mol. The van der Waals surface area contributed by atoms with Crippen molar-refractivity contribution in [1.82, 2.24) is 40.9 Å². The highest BCUT2D eigenvalue weighted by Crippen LogP contribution is 2.34. The first-order valence-electron chi connectivity index (χ1n) is 38.4. The first-order valence-corrected chi connectivity index (χ1v) is 38.4. The number of nitrogens with one attached hydrogen (secondary N) is 5. The summed E-state index contributed by atoms with van der Waals surface area (Å²) in [6.45, 7) is 16.1. The maximum atomic E-state index is 15.0. The Morgan fingerprint density at radius 3 is 1.87 bits per heavy atom. The van der Waals surface area contributed by atoms with Crippen molar-refractivity contribution in [3.63, 3.8) is 0 Å². The number of likely N-dealkylation sites (tertiary alicyclic amines) is 2. The molecular formula is C77H119N9O26. The van der Waals surface area contributed by atoms with Gasteiger partial charge in [-0.2, -0.15) is 0 Å². The molecular weight excluding hydrogens is 1470 g/mol. The Kier molecular flexibility index (Phi) is 36.1. The average molecular weight is 1590 g/mol. The zero-order chi connectivity index (χ0) is 83.3. The molecule has 628 valence electrons. The topological polar surface area (TPSA) is 487 Å². The maximum Gasteiger partial charge on any atom is 0.410 e. The molecule has 13 N–H and O–H groups in total. The molecule has 4 fully saturated rings. The summed E-state index contributed by atoms with van der Waals surface area (Å²) >= 11 is 0. The van der Waals surface area contributed by atoms with Gasteiger partial charge in [0.15, 0.2) is 18.7 Å². The first-order chi connectivity index (χ1) is 52.9. The molecule has 4 saturated heterocycles. The molecule has 35 nitrogen and oxygen atoms in total. The molecule has 0 bridgehead atoms. The molecule has 2 aromatic carbocycles. The van der Waals surface area contributed by atoms with Crippen LogP contribution in [0.3, 0.4) is 0 Å². The molecule has 112 heavy (non-hydrogen) atoms. The van der Waals surface area contributed by atoms with Gasteiger partial charge in [0.2, 0.25) is 53.2 Å². The number of rotatable bonds is 41. The smallest absolute Gasteiger partial charge is 0.410 e. The third-order valence-electron chi connectivity index (χ3n) is 21.3. The lowest BCUT2D eigenvalue weighted by atomic mass is 9.89.